The normalized spacial score (nSPS) is 49.4. The topological polar surface area (TPSA) is 20.2 Å². The van der Waals surface area contributed by atoms with E-state index in [1.165, 1.54) is 77.0 Å². The Morgan fingerprint density at radius 1 is 0.786 bits per heavy atom. The summed E-state index contributed by atoms with van der Waals surface area (Å²) < 4.78 is 0. The van der Waals surface area contributed by atoms with Crippen LogP contribution in [-0.4, -0.2) is 10.7 Å². The zero-order chi connectivity index (χ0) is 20.2. The van der Waals surface area contributed by atoms with Crippen molar-refractivity contribution in [3.8, 4) is 0 Å². The van der Waals surface area contributed by atoms with Crippen molar-refractivity contribution >= 4 is 0 Å². The molecule has 0 spiro atoms. The maximum atomic E-state index is 12.3. The van der Waals surface area contributed by atoms with E-state index in [0.717, 1.165) is 30.1 Å². The minimum atomic E-state index is -0.359. The van der Waals surface area contributed by atoms with E-state index in [2.05, 4.69) is 34.6 Å². The van der Waals surface area contributed by atoms with E-state index in [9.17, 15) is 5.11 Å². The Kier molecular flexibility index (Phi) is 5.74. The number of aliphatic hydroxyl groups is 1. The van der Waals surface area contributed by atoms with E-state index in [1.54, 1.807) is 0 Å². The summed E-state index contributed by atoms with van der Waals surface area (Å²) in [5.41, 5.74) is 0.454. The van der Waals surface area contributed by atoms with Gasteiger partial charge in [0.05, 0.1) is 5.60 Å². The summed E-state index contributed by atoms with van der Waals surface area (Å²) in [5, 5.41) is 12.3. The summed E-state index contributed by atoms with van der Waals surface area (Å²) in [4.78, 5) is 0. The Labute approximate surface area is 175 Å². The van der Waals surface area contributed by atoms with Crippen molar-refractivity contribution in [2.24, 2.45) is 46.3 Å². The molecule has 4 aliphatic rings. The van der Waals surface area contributed by atoms with Gasteiger partial charge in [0.1, 0.15) is 0 Å². The molecule has 0 radical (unpaired) electrons. The predicted octanol–water partition coefficient (Wildman–Crippen LogP) is 7.61. The quantitative estimate of drug-likeness (QED) is 0.513. The van der Waals surface area contributed by atoms with E-state index in [4.69, 9.17) is 0 Å². The lowest BCUT2D eigenvalue weighted by Crippen LogP contribution is -2.63. The number of hydrogen-bond acceptors (Lipinski definition) is 1. The van der Waals surface area contributed by atoms with Gasteiger partial charge in [-0.1, -0.05) is 66.7 Å². The molecule has 1 nitrogen and oxygen atoms in total. The van der Waals surface area contributed by atoms with Gasteiger partial charge in [-0.25, -0.2) is 0 Å². The fraction of sp³-hybridized carbons (Fsp3) is 1.00. The third-order valence-electron chi connectivity index (χ3n) is 10.9. The van der Waals surface area contributed by atoms with Crippen LogP contribution < -0.4 is 0 Å². The second kappa shape index (κ2) is 7.58. The van der Waals surface area contributed by atoms with E-state index in [1.807, 2.05) is 0 Å². The molecule has 4 rings (SSSR count). The second-order valence-corrected chi connectivity index (χ2v) is 12.6. The molecule has 0 aliphatic heterocycles. The molecule has 0 unspecified atom stereocenters. The maximum Gasteiger partial charge on any atom is 0.0714 e. The summed E-state index contributed by atoms with van der Waals surface area (Å²) in [7, 11) is 0. The van der Waals surface area contributed by atoms with Crippen LogP contribution in [0.5, 0.6) is 0 Å². The van der Waals surface area contributed by atoms with E-state index in [0.29, 0.717) is 22.7 Å². The first-order chi connectivity index (χ1) is 13.2. The highest BCUT2D eigenvalue weighted by atomic mass is 16.3. The molecule has 162 valence electrons. The van der Waals surface area contributed by atoms with Gasteiger partial charge in [-0.3, -0.25) is 0 Å². The fourth-order valence-electron chi connectivity index (χ4n) is 9.39. The van der Waals surface area contributed by atoms with Gasteiger partial charge in [0.2, 0.25) is 0 Å². The average molecular weight is 389 g/mol. The van der Waals surface area contributed by atoms with E-state index in [-0.39, 0.29) is 5.60 Å². The van der Waals surface area contributed by atoms with Gasteiger partial charge in [-0.15, -0.1) is 0 Å². The molecule has 8 atom stereocenters. The largest absolute Gasteiger partial charge is 0.389 e. The van der Waals surface area contributed by atoms with Crippen LogP contribution >= 0.6 is 0 Å². The zero-order valence-electron chi connectivity index (χ0n) is 19.6. The van der Waals surface area contributed by atoms with Crippen LogP contribution in [0.15, 0.2) is 0 Å². The van der Waals surface area contributed by atoms with Crippen LogP contribution in [0.4, 0.5) is 0 Å². The third-order valence-corrected chi connectivity index (χ3v) is 10.9. The molecule has 4 saturated carbocycles. The molecule has 0 aromatic carbocycles. The number of rotatable bonds is 5. The monoisotopic (exact) mass is 388 g/mol. The smallest absolute Gasteiger partial charge is 0.0714 e. The van der Waals surface area contributed by atoms with Crippen molar-refractivity contribution in [2.45, 2.75) is 124 Å². The van der Waals surface area contributed by atoms with Crippen molar-refractivity contribution in [1.29, 1.82) is 0 Å². The fourth-order valence-corrected chi connectivity index (χ4v) is 9.39. The first-order valence-electron chi connectivity index (χ1n) is 12.9. The lowest BCUT2D eigenvalue weighted by Gasteiger charge is -2.64. The molecular formula is C27H48O. The standard InChI is InChI=1S/C27H48O/c1-19(2)9-8-10-20(3)22-12-13-23-26(22,5)17-15-24-25(4)16-7-6-11-21(25)14-18-27(23,24)28/h19-24,28H,6-18H2,1-5H3/t20-,21-,22-,23-,24-,25+,26-,27-/m1/s1. The van der Waals surface area contributed by atoms with Gasteiger partial charge in [0, 0.05) is 0 Å². The Morgan fingerprint density at radius 2 is 1.54 bits per heavy atom. The molecule has 0 saturated heterocycles. The zero-order valence-corrected chi connectivity index (χ0v) is 19.6. The molecular weight excluding hydrogens is 340 g/mol. The highest BCUT2D eigenvalue weighted by Crippen LogP contribution is 2.69. The minimum absolute atomic E-state index is 0.359. The molecule has 1 heteroatoms. The average Bonchev–Trinajstić information content (AvgIpc) is 2.99. The maximum absolute atomic E-state index is 12.3. The summed E-state index contributed by atoms with van der Waals surface area (Å²) >= 11 is 0. The van der Waals surface area contributed by atoms with E-state index < -0.39 is 0 Å². The predicted molar refractivity (Wildman–Crippen MR) is 119 cm³/mol. The molecule has 0 aromatic rings. The molecule has 0 heterocycles. The van der Waals surface area contributed by atoms with Crippen LogP contribution in [0.2, 0.25) is 0 Å². The van der Waals surface area contributed by atoms with Gasteiger partial charge in [0.25, 0.3) is 0 Å². The molecule has 0 aromatic heterocycles. The van der Waals surface area contributed by atoms with Crippen molar-refractivity contribution < 1.29 is 5.11 Å². The molecule has 1 N–H and O–H groups in total. The van der Waals surface area contributed by atoms with Gasteiger partial charge in [0.15, 0.2) is 0 Å². The first kappa shape index (κ1) is 21.2. The lowest BCUT2D eigenvalue weighted by atomic mass is 9.42. The lowest BCUT2D eigenvalue weighted by molar-refractivity contribution is -0.222. The first-order valence-corrected chi connectivity index (χ1v) is 12.9. The van der Waals surface area contributed by atoms with E-state index >= 15 is 0 Å². The van der Waals surface area contributed by atoms with Crippen LogP contribution in [-0.2, 0) is 0 Å². The van der Waals surface area contributed by atoms with Crippen molar-refractivity contribution in [3.05, 3.63) is 0 Å². The highest BCUT2D eigenvalue weighted by Gasteiger charge is 2.66. The SMILES string of the molecule is CC(C)CCC[C@@H](C)[C@H]1CC[C@@H]2[C@]1(C)CC[C@@H]1[C@@]3(C)CCCC[C@@H]3CC[C@]12O. The van der Waals surface area contributed by atoms with Gasteiger partial charge in [-0.05, 0) is 97.7 Å². The Bertz CT molecular complexity index is 554. The van der Waals surface area contributed by atoms with Crippen molar-refractivity contribution in [3.63, 3.8) is 0 Å². The Morgan fingerprint density at radius 3 is 2.29 bits per heavy atom. The summed E-state index contributed by atoms with van der Waals surface area (Å²) in [6.45, 7) is 12.4. The Hall–Kier alpha value is -0.0400. The van der Waals surface area contributed by atoms with Crippen LogP contribution in [0.1, 0.15) is 118 Å². The van der Waals surface area contributed by atoms with Crippen LogP contribution in [0.3, 0.4) is 0 Å². The van der Waals surface area contributed by atoms with Gasteiger partial charge >= 0.3 is 0 Å². The molecule has 4 aliphatic carbocycles. The third kappa shape index (κ3) is 3.21. The van der Waals surface area contributed by atoms with Crippen molar-refractivity contribution in [2.75, 3.05) is 0 Å². The summed E-state index contributed by atoms with van der Waals surface area (Å²) in [6.07, 6.45) is 17.6. The molecule has 4 fully saturated rings. The molecule has 0 amide bonds. The van der Waals surface area contributed by atoms with Crippen LogP contribution in [0.25, 0.3) is 0 Å². The number of hydrogen-bond donors (Lipinski definition) is 1. The summed E-state index contributed by atoms with van der Waals surface area (Å²) in [6, 6.07) is 0. The van der Waals surface area contributed by atoms with Gasteiger partial charge < -0.3 is 5.11 Å². The molecule has 0 bridgehead atoms. The van der Waals surface area contributed by atoms with Crippen LogP contribution in [0, 0.1) is 46.3 Å². The summed E-state index contributed by atoms with van der Waals surface area (Å²) in [5.74, 6) is 4.54. The Balaban J connectivity index is 1.52. The number of fused-ring (bicyclic) bond motifs is 5. The molecule has 28 heavy (non-hydrogen) atoms. The van der Waals surface area contributed by atoms with Gasteiger partial charge in [-0.2, -0.15) is 0 Å². The minimum Gasteiger partial charge on any atom is -0.389 e. The van der Waals surface area contributed by atoms with Crippen molar-refractivity contribution in [1.82, 2.24) is 0 Å². The second-order valence-electron chi connectivity index (χ2n) is 12.6. The highest BCUT2D eigenvalue weighted by molar-refractivity contribution is 5.16.